The van der Waals surface area contributed by atoms with Crippen molar-refractivity contribution < 1.29 is 4.74 Å². The summed E-state index contributed by atoms with van der Waals surface area (Å²) in [7, 11) is 0. The molecule has 1 aromatic heterocycles. The van der Waals surface area contributed by atoms with Crippen LogP contribution in [0.3, 0.4) is 0 Å². The van der Waals surface area contributed by atoms with Gasteiger partial charge in [-0.2, -0.15) is 0 Å². The smallest absolute Gasteiger partial charge is 0.130 e. The van der Waals surface area contributed by atoms with Gasteiger partial charge in [0.15, 0.2) is 0 Å². The third kappa shape index (κ3) is 3.13. The van der Waals surface area contributed by atoms with Gasteiger partial charge in [0.25, 0.3) is 0 Å². The van der Waals surface area contributed by atoms with Crippen LogP contribution in [-0.2, 0) is 19.6 Å². The second kappa shape index (κ2) is 6.24. The number of ether oxygens (including phenoxy) is 1. The lowest BCUT2D eigenvalue weighted by Gasteiger charge is -2.09. The molecule has 0 saturated heterocycles. The van der Waals surface area contributed by atoms with Crippen LogP contribution in [0, 0.1) is 0 Å². The third-order valence-corrected chi connectivity index (χ3v) is 2.96. The normalized spacial score (nSPS) is 10.6. The summed E-state index contributed by atoms with van der Waals surface area (Å²) in [5, 5.41) is 0. The van der Waals surface area contributed by atoms with E-state index in [-0.39, 0.29) is 0 Å². The van der Waals surface area contributed by atoms with Crippen molar-refractivity contribution in [2.45, 2.75) is 39.8 Å². The van der Waals surface area contributed by atoms with Gasteiger partial charge in [0.1, 0.15) is 12.4 Å². The summed E-state index contributed by atoms with van der Waals surface area (Å²) in [6, 6.07) is 8.26. The first-order valence-corrected chi connectivity index (χ1v) is 6.54. The summed E-state index contributed by atoms with van der Waals surface area (Å²) in [5.41, 5.74) is 2.42. The molecular weight excluding hydrogens is 224 g/mol. The minimum absolute atomic E-state index is 0.577. The summed E-state index contributed by atoms with van der Waals surface area (Å²) in [6.07, 6.45) is 5.88. The Morgan fingerprint density at radius 3 is 2.94 bits per heavy atom. The zero-order valence-corrected chi connectivity index (χ0v) is 11.1. The highest BCUT2D eigenvalue weighted by Gasteiger charge is 2.02. The molecule has 18 heavy (non-hydrogen) atoms. The summed E-state index contributed by atoms with van der Waals surface area (Å²) in [6.45, 7) is 5.88. The van der Waals surface area contributed by atoms with E-state index < -0.39 is 0 Å². The van der Waals surface area contributed by atoms with Gasteiger partial charge in [0.05, 0.1) is 18.2 Å². The van der Waals surface area contributed by atoms with Crippen LogP contribution in [0.15, 0.2) is 36.8 Å². The summed E-state index contributed by atoms with van der Waals surface area (Å²) >= 11 is 0. The van der Waals surface area contributed by atoms with E-state index in [0.29, 0.717) is 6.61 Å². The van der Waals surface area contributed by atoms with Crippen LogP contribution in [-0.4, -0.2) is 9.55 Å². The topological polar surface area (TPSA) is 27.1 Å². The molecule has 0 fully saturated rings. The fraction of sp³-hybridized carbons (Fsp3) is 0.400. The van der Waals surface area contributed by atoms with Crippen LogP contribution in [0.1, 0.15) is 31.5 Å². The van der Waals surface area contributed by atoms with Crippen molar-refractivity contribution in [3.63, 3.8) is 0 Å². The van der Waals surface area contributed by atoms with Gasteiger partial charge in [0.2, 0.25) is 0 Å². The van der Waals surface area contributed by atoms with Crippen molar-refractivity contribution >= 4 is 0 Å². The number of aromatic nitrogens is 2. The third-order valence-electron chi connectivity index (χ3n) is 2.96. The molecule has 3 heteroatoms. The maximum atomic E-state index is 5.82. The van der Waals surface area contributed by atoms with E-state index in [9.17, 15) is 0 Å². The van der Waals surface area contributed by atoms with Crippen LogP contribution in [0.25, 0.3) is 0 Å². The second-order valence-electron chi connectivity index (χ2n) is 4.37. The van der Waals surface area contributed by atoms with E-state index in [4.69, 9.17) is 4.74 Å². The van der Waals surface area contributed by atoms with E-state index in [1.165, 1.54) is 5.56 Å². The van der Waals surface area contributed by atoms with E-state index in [1.54, 1.807) is 0 Å². The zero-order chi connectivity index (χ0) is 12.8. The summed E-state index contributed by atoms with van der Waals surface area (Å²) in [4.78, 5) is 4.17. The van der Waals surface area contributed by atoms with Crippen LogP contribution >= 0.6 is 0 Å². The van der Waals surface area contributed by atoms with Gasteiger partial charge in [-0.25, -0.2) is 4.98 Å². The van der Waals surface area contributed by atoms with Crippen LogP contribution in [0.5, 0.6) is 5.75 Å². The molecule has 0 aliphatic heterocycles. The van der Waals surface area contributed by atoms with Crippen LogP contribution < -0.4 is 4.74 Å². The summed E-state index contributed by atoms with van der Waals surface area (Å²) in [5.74, 6) is 0.929. The Kier molecular flexibility index (Phi) is 4.40. The molecule has 0 aliphatic carbocycles. The number of hydrogen-bond acceptors (Lipinski definition) is 2. The molecule has 1 heterocycles. The van der Waals surface area contributed by atoms with Crippen molar-refractivity contribution in [2.24, 2.45) is 0 Å². The van der Waals surface area contributed by atoms with Gasteiger partial charge in [-0.3, -0.25) is 0 Å². The van der Waals surface area contributed by atoms with Gasteiger partial charge in [0, 0.05) is 6.54 Å². The van der Waals surface area contributed by atoms with Crippen molar-refractivity contribution in [1.82, 2.24) is 9.55 Å². The lowest BCUT2D eigenvalue weighted by Crippen LogP contribution is -2.05. The molecule has 0 aliphatic rings. The molecule has 0 amide bonds. The standard InChI is InChI=1S/C15H20N2O/c1-3-8-17-12-16-10-14(17)11-18-15-7-5-6-13(4-2)9-15/h5-7,9-10,12H,3-4,8,11H2,1-2H3. The molecule has 0 atom stereocenters. The number of aryl methyl sites for hydroxylation is 2. The van der Waals surface area contributed by atoms with Gasteiger partial charge < -0.3 is 9.30 Å². The Balaban J connectivity index is 1.99. The minimum atomic E-state index is 0.577. The molecule has 0 saturated carbocycles. The first-order valence-electron chi connectivity index (χ1n) is 6.54. The van der Waals surface area contributed by atoms with Crippen LogP contribution in [0.2, 0.25) is 0 Å². The molecule has 3 nitrogen and oxygen atoms in total. The minimum Gasteiger partial charge on any atom is -0.487 e. The second-order valence-corrected chi connectivity index (χ2v) is 4.37. The van der Waals surface area contributed by atoms with Crippen molar-refractivity contribution in [1.29, 1.82) is 0 Å². The predicted molar refractivity (Wildman–Crippen MR) is 72.7 cm³/mol. The average Bonchev–Trinajstić information content (AvgIpc) is 2.85. The maximum absolute atomic E-state index is 5.82. The highest BCUT2D eigenvalue weighted by molar-refractivity contribution is 5.28. The molecule has 0 radical (unpaired) electrons. The zero-order valence-electron chi connectivity index (χ0n) is 11.1. The van der Waals surface area contributed by atoms with E-state index in [1.807, 2.05) is 24.7 Å². The Morgan fingerprint density at radius 2 is 2.17 bits per heavy atom. The molecule has 2 rings (SSSR count). The van der Waals surface area contributed by atoms with Crippen LogP contribution in [0.4, 0.5) is 0 Å². The van der Waals surface area contributed by atoms with E-state index in [2.05, 4.69) is 35.5 Å². The Hall–Kier alpha value is -1.77. The van der Waals surface area contributed by atoms with Crippen molar-refractivity contribution in [3.8, 4) is 5.75 Å². The maximum Gasteiger partial charge on any atom is 0.130 e. The summed E-state index contributed by atoms with van der Waals surface area (Å²) < 4.78 is 7.96. The van der Waals surface area contributed by atoms with Crippen molar-refractivity contribution in [3.05, 3.63) is 48.0 Å². The first-order chi connectivity index (χ1) is 8.83. The van der Waals surface area contributed by atoms with Gasteiger partial charge >= 0.3 is 0 Å². The molecular formula is C15H20N2O. The fourth-order valence-electron chi connectivity index (χ4n) is 1.92. The number of nitrogens with zero attached hydrogens (tertiary/aromatic N) is 2. The number of imidazole rings is 1. The highest BCUT2D eigenvalue weighted by atomic mass is 16.5. The predicted octanol–water partition coefficient (Wildman–Crippen LogP) is 3.43. The molecule has 0 spiro atoms. The lowest BCUT2D eigenvalue weighted by atomic mass is 10.2. The van der Waals surface area contributed by atoms with Gasteiger partial charge in [-0.15, -0.1) is 0 Å². The molecule has 96 valence electrons. The molecule has 0 bridgehead atoms. The molecule has 1 aromatic carbocycles. The van der Waals surface area contributed by atoms with E-state index >= 15 is 0 Å². The Bertz CT molecular complexity index is 491. The number of benzene rings is 1. The largest absolute Gasteiger partial charge is 0.487 e. The SMILES string of the molecule is CCCn1cncc1COc1cccc(CC)c1. The quantitative estimate of drug-likeness (QED) is 0.778. The van der Waals surface area contributed by atoms with Crippen molar-refractivity contribution in [2.75, 3.05) is 0 Å². The number of rotatable bonds is 6. The molecule has 2 aromatic rings. The lowest BCUT2D eigenvalue weighted by molar-refractivity contribution is 0.294. The van der Waals surface area contributed by atoms with Gasteiger partial charge in [-0.1, -0.05) is 26.0 Å². The highest BCUT2D eigenvalue weighted by Crippen LogP contribution is 2.15. The first kappa shape index (κ1) is 12.7. The Morgan fingerprint density at radius 1 is 1.28 bits per heavy atom. The molecule has 0 N–H and O–H groups in total. The van der Waals surface area contributed by atoms with Gasteiger partial charge in [-0.05, 0) is 30.5 Å². The van der Waals surface area contributed by atoms with E-state index in [0.717, 1.165) is 30.8 Å². The Labute approximate surface area is 108 Å². The number of hydrogen-bond donors (Lipinski definition) is 0. The molecule has 0 unspecified atom stereocenters. The monoisotopic (exact) mass is 244 g/mol. The average molecular weight is 244 g/mol. The fourth-order valence-corrected chi connectivity index (χ4v) is 1.92.